The summed E-state index contributed by atoms with van der Waals surface area (Å²) in [6, 6.07) is 4.13. The molecule has 0 aliphatic heterocycles. The Morgan fingerprint density at radius 1 is 1.26 bits per heavy atom. The van der Waals surface area contributed by atoms with Crippen LogP contribution in [0.3, 0.4) is 0 Å². The number of rotatable bonds is 5. The van der Waals surface area contributed by atoms with E-state index in [2.05, 4.69) is 9.97 Å². The van der Waals surface area contributed by atoms with E-state index < -0.39 is 18.8 Å². The van der Waals surface area contributed by atoms with Crippen molar-refractivity contribution in [2.45, 2.75) is 44.3 Å². The van der Waals surface area contributed by atoms with E-state index in [4.69, 9.17) is 4.74 Å². The second-order valence-electron chi connectivity index (χ2n) is 7.78. The van der Waals surface area contributed by atoms with Crippen molar-refractivity contribution in [1.82, 2.24) is 19.3 Å². The Labute approximate surface area is 175 Å². The Morgan fingerprint density at radius 2 is 2.00 bits per heavy atom. The highest BCUT2D eigenvalue weighted by atomic mass is 19.4. The average molecular weight is 436 g/mol. The van der Waals surface area contributed by atoms with Gasteiger partial charge in [-0.3, -0.25) is 14.0 Å². The van der Waals surface area contributed by atoms with Crippen LogP contribution in [0.2, 0.25) is 0 Å². The summed E-state index contributed by atoms with van der Waals surface area (Å²) in [5.74, 6) is -0.304. The van der Waals surface area contributed by atoms with Crippen molar-refractivity contribution in [3.63, 3.8) is 0 Å². The van der Waals surface area contributed by atoms with Gasteiger partial charge >= 0.3 is 6.30 Å². The molecule has 31 heavy (non-hydrogen) atoms. The fourth-order valence-corrected chi connectivity index (χ4v) is 4.25. The number of ether oxygens (including phenoxy) is 1. The number of hydrogen-bond donors (Lipinski definition) is 1. The number of H-pyrrole nitrogens is 1. The number of alkyl halides is 3. The molecule has 0 unspecified atom stereocenters. The second-order valence-corrected chi connectivity index (χ2v) is 7.78. The van der Waals surface area contributed by atoms with Gasteiger partial charge in [0.05, 0.1) is 30.4 Å². The zero-order valence-electron chi connectivity index (χ0n) is 17.0. The van der Waals surface area contributed by atoms with Crippen LogP contribution in [0.5, 0.6) is 0 Å². The van der Waals surface area contributed by atoms with E-state index in [1.807, 2.05) is 0 Å². The van der Waals surface area contributed by atoms with Gasteiger partial charge in [-0.15, -0.1) is 13.2 Å². The molecular formula is C21H23F3N4O3. The van der Waals surface area contributed by atoms with Crippen LogP contribution in [0.15, 0.2) is 29.2 Å². The Hall–Kier alpha value is -2.88. The van der Waals surface area contributed by atoms with Gasteiger partial charge in [0.2, 0.25) is 0 Å². The number of aromatic nitrogens is 3. The first-order valence-corrected chi connectivity index (χ1v) is 10.2. The maximum absolute atomic E-state index is 13.4. The quantitative estimate of drug-likeness (QED) is 0.617. The van der Waals surface area contributed by atoms with Crippen molar-refractivity contribution < 1.29 is 22.7 Å². The fourth-order valence-electron chi connectivity index (χ4n) is 4.25. The van der Waals surface area contributed by atoms with Crippen molar-refractivity contribution in [3.05, 3.63) is 46.1 Å². The van der Waals surface area contributed by atoms with Crippen LogP contribution in [0.1, 0.15) is 54.2 Å². The second kappa shape index (κ2) is 8.33. The van der Waals surface area contributed by atoms with Gasteiger partial charge in [-0.2, -0.15) is 0 Å². The molecule has 1 fully saturated rings. The highest BCUT2D eigenvalue weighted by Crippen LogP contribution is 2.33. The van der Waals surface area contributed by atoms with Gasteiger partial charge in [-0.05, 0) is 31.0 Å². The molecule has 0 radical (unpaired) electrons. The molecule has 1 aromatic carbocycles. The van der Waals surface area contributed by atoms with E-state index in [9.17, 15) is 22.8 Å². The van der Waals surface area contributed by atoms with E-state index in [0.717, 1.165) is 32.1 Å². The summed E-state index contributed by atoms with van der Waals surface area (Å²) in [7, 11) is 1.27. The van der Waals surface area contributed by atoms with Gasteiger partial charge in [-0.1, -0.05) is 19.3 Å². The summed E-state index contributed by atoms with van der Waals surface area (Å²) >= 11 is 0. The van der Waals surface area contributed by atoms with E-state index in [1.165, 1.54) is 31.5 Å². The van der Waals surface area contributed by atoms with Crippen molar-refractivity contribution in [1.29, 1.82) is 0 Å². The lowest BCUT2D eigenvalue weighted by Crippen LogP contribution is -2.44. The maximum atomic E-state index is 13.4. The SMILES string of the molecule is COCCN(C(=O)c1ccc2[nH]c(=O)c3cnc(C4CCCCC4)n3c2c1)C(F)(F)F. The lowest BCUT2D eigenvalue weighted by molar-refractivity contribution is -0.226. The molecule has 3 aromatic rings. The van der Waals surface area contributed by atoms with E-state index >= 15 is 0 Å². The summed E-state index contributed by atoms with van der Waals surface area (Å²) in [6.45, 7) is -0.861. The van der Waals surface area contributed by atoms with Crippen LogP contribution in [0.25, 0.3) is 16.6 Å². The predicted molar refractivity (Wildman–Crippen MR) is 108 cm³/mol. The number of methoxy groups -OCH3 is 1. The van der Waals surface area contributed by atoms with Crippen LogP contribution >= 0.6 is 0 Å². The highest BCUT2D eigenvalue weighted by molar-refractivity contribution is 5.97. The van der Waals surface area contributed by atoms with Crippen molar-refractivity contribution >= 4 is 22.5 Å². The van der Waals surface area contributed by atoms with Gasteiger partial charge in [0.15, 0.2) is 0 Å². The Kier molecular flexibility index (Phi) is 5.74. The largest absolute Gasteiger partial charge is 0.487 e. The first-order chi connectivity index (χ1) is 14.8. The monoisotopic (exact) mass is 436 g/mol. The van der Waals surface area contributed by atoms with Gasteiger partial charge in [0, 0.05) is 18.6 Å². The Balaban J connectivity index is 1.85. The summed E-state index contributed by atoms with van der Waals surface area (Å²) in [5.41, 5.74) is 0.729. The number of carbonyl (C=O) groups excluding carboxylic acids is 1. The minimum Gasteiger partial charge on any atom is -0.383 e. The highest BCUT2D eigenvalue weighted by Gasteiger charge is 2.41. The normalized spacial score (nSPS) is 15.6. The van der Waals surface area contributed by atoms with Crippen LogP contribution in [-0.2, 0) is 4.74 Å². The van der Waals surface area contributed by atoms with Crippen molar-refractivity contribution in [3.8, 4) is 0 Å². The first-order valence-electron chi connectivity index (χ1n) is 10.2. The van der Waals surface area contributed by atoms with Crippen molar-refractivity contribution in [2.24, 2.45) is 0 Å². The topological polar surface area (TPSA) is 79.7 Å². The number of hydrogen-bond acceptors (Lipinski definition) is 4. The minimum atomic E-state index is -4.84. The number of aromatic amines is 1. The number of imidazole rings is 1. The molecule has 0 saturated heterocycles. The molecule has 0 spiro atoms. The molecule has 4 rings (SSSR count). The Bertz CT molecular complexity index is 1160. The standard InChI is InChI=1S/C21H23F3N4O3/c1-31-10-9-27(21(22,23)24)20(30)14-7-8-15-16(11-14)28-17(19(29)26-15)12-25-18(28)13-5-3-2-4-6-13/h7-8,11-13H,2-6,9-10H2,1H3,(H,26,29). The van der Waals surface area contributed by atoms with Crippen LogP contribution in [-0.4, -0.2) is 51.7 Å². The number of halogens is 3. The van der Waals surface area contributed by atoms with Gasteiger partial charge in [0.25, 0.3) is 11.5 Å². The molecule has 2 heterocycles. The molecule has 1 aliphatic carbocycles. The molecule has 10 heteroatoms. The Morgan fingerprint density at radius 3 is 2.68 bits per heavy atom. The molecule has 1 N–H and O–H groups in total. The molecule has 7 nitrogen and oxygen atoms in total. The third-order valence-electron chi connectivity index (χ3n) is 5.80. The van der Waals surface area contributed by atoms with Gasteiger partial charge in [0.1, 0.15) is 11.3 Å². The van der Waals surface area contributed by atoms with Crippen LogP contribution in [0.4, 0.5) is 13.2 Å². The molecule has 1 amide bonds. The number of nitrogens with one attached hydrogen (secondary N) is 1. The third kappa shape index (κ3) is 4.04. The smallest absolute Gasteiger partial charge is 0.383 e. The molecular weight excluding hydrogens is 413 g/mol. The van der Waals surface area contributed by atoms with Gasteiger partial charge in [-0.25, -0.2) is 9.88 Å². The van der Waals surface area contributed by atoms with E-state index in [-0.39, 0.29) is 28.5 Å². The molecule has 2 aromatic heterocycles. The summed E-state index contributed by atoms with van der Waals surface area (Å²) in [5, 5.41) is 0. The van der Waals surface area contributed by atoms with Gasteiger partial charge < -0.3 is 9.72 Å². The zero-order chi connectivity index (χ0) is 22.2. The number of benzene rings is 1. The fraction of sp³-hybridized carbons (Fsp3) is 0.476. The summed E-state index contributed by atoms with van der Waals surface area (Å²) in [4.78, 5) is 32.3. The number of nitrogens with zero attached hydrogens (tertiary/aromatic N) is 3. The lowest BCUT2D eigenvalue weighted by Gasteiger charge is -2.25. The summed E-state index contributed by atoms with van der Waals surface area (Å²) < 4.78 is 46.7. The number of carbonyl (C=O) groups is 1. The lowest BCUT2D eigenvalue weighted by atomic mass is 9.88. The van der Waals surface area contributed by atoms with E-state index in [1.54, 1.807) is 4.40 Å². The van der Waals surface area contributed by atoms with E-state index in [0.29, 0.717) is 22.4 Å². The predicted octanol–water partition coefficient (Wildman–Crippen LogP) is 3.83. The van der Waals surface area contributed by atoms with Crippen molar-refractivity contribution in [2.75, 3.05) is 20.3 Å². The zero-order valence-corrected chi connectivity index (χ0v) is 17.0. The van der Waals surface area contributed by atoms with Crippen LogP contribution < -0.4 is 5.56 Å². The van der Waals surface area contributed by atoms with Crippen LogP contribution in [0, 0.1) is 0 Å². The number of amides is 1. The molecule has 1 aliphatic rings. The molecule has 1 saturated carbocycles. The molecule has 0 bridgehead atoms. The molecule has 0 atom stereocenters. The third-order valence-corrected chi connectivity index (χ3v) is 5.80. The first kappa shape index (κ1) is 21.4. The maximum Gasteiger partial charge on any atom is 0.487 e. The minimum absolute atomic E-state index is 0.127. The average Bonchev–Trinajstić information content (AvgIpc) is 3.20. The summed E-state index contributed by atoms with van der Waals surface area (Å²) in [6.07, 6.45) is 1.78. The molecule has 166 valence electrons. The number of fused-ring (bicyclic) bond motifs is 3.